The van der Waals surface area contributed by atoms with E-state index >= 15 is 0 Å². The smallest absolute Gasteiger partial charge is 0.324 e. The van der Waals surface area contributed by atoms with E-state index in [1.807, 2.05) is 0 Å². The number of hydrogen-bond donors (Lipinski definition) is 0. The van der Waals surface area contributed by atoms with Crippen LogP contribution in [-0.2, 0) is 38.2 Å². The number of esters is 2. The molecule has 0 fully saturated rings. The summed E-state index contributed by atoms with van der Waals surface area (Å²) in [6, 6.07) is 0. The number of ether oxygens (including phenoxy) is 2. The predicted octanol–water partition coefficient (Wildman–Crippen LogP) is 2.13. The molecular weight excluding hydrogens is 436 g/mol. The summed E-state index contributed by atoms with van der Waals surface area (Å²) in [5, 5.41) is 0.00329. The second kappa shape index (κ2) is 13.3. The number of hydrogen-bond acceptors (Lipinski definition) is 8. The Balaban J connectivity index is 4.27. The Kier molecular flexibility index (Phi) is 12.4. The molecule has 0 bridgehead atoms. The number of Topliss-reactive ketones (excluding diaryl/α,β-unsaturated/α-hetero) is 4. The van der Waals surface area contributed by atoms with Crippen molar-refractivity contribution in [2.45, 2.75) is 59.3 Å². The highest BCUT2D eigenvalue weighted by atomic mass is 79.9. The monoisotopic (exact) mass is 462 g/mol. The van der Waals surface area contributed by atoms with Gasteiger partial charge in [-0.2, -0.15) is 0 Å². The number of carbonyl (C=O) groups excluding carboxylic acids is 6. The molecule has 0 saturated carbocycles. The van der Waals surface area contributed by atoms with E-state index < -0.39 is 40.5 Å². The van der Waals surface area contributed by atoms with Crippen LogP contribution in [-0.4, -0.2) is 53.6 Å². The van der Waals surface area contributed by atoms with Gasteiger partial charge in [-0.15, -0.1) is 0 Å². The number of unbranched alkanes of at least 4 members (excludes halogenated alkanes) is 2. The number of ketones is 4. The molecule has 0 aromatic carbocycles. The van der Waals surface area contributed by atoms with E-state index in [4.69, 9.17) is 9.47 Å². The lowest BCUT2D eigenvalue weighted by Crippen LogP contribution is -2.41. The van der Waals surface area contributed by atoms with E-state index in [-0.39, 0.29) is 31.4 Å². The Morgan fingerprint density at radius 1 is 0.714 bits per heavy atom. The summed E-state index contributed by atoms with van der Waals surface area (Å²) in [6.45, 7) is 3.85. The molecule has 158 valence electrons. The molecule has 0 atom stereocenters. The standard InChI is InChI=1S/C19H27BrO8/c1-13(21)15(23)8-4-6-10-27-17(25)19(3,12-20)18(26)28-11-7-5-9-16(24)14(2)22/h4-12H2,1-3H3. The van der Waals surface area contributed by atoms with Crippen molar-refractivity contribution in [3.63, 3.8) is 0 Å². The average molecular weight is 463 g/mol. The lowest BCUT2D eigenvalue weighted by Gasteiger charge is -2.23. The maximum absolute atomic E-state index is 12.2. The zero-order chi connectivity index (χ0) is 21.7. The molecule has 0 aromatic rings. The van der Waals surface area contributed by atoms with E-state index in [0.29, 0.717) is 25.7 Å². The van der Waals surface area contributed by atoms with Gasteiger partial charge in [0.15, 0.2) is 28.5 Å². The molecule has 9 heteroatoms. The first-order valence-corrected chi connectivity index (χ1v) is 10.2. The van der Waals surface area contributed by atoms with Crippen LogP contribution >= 0.6 is 15.9 Å². The first-order valence-electron chi connectivity index (χ1n) is 9.04. The predicted molar refractivity (Wildman–Crippen MR) is 103 cm³/mol. The summed E-state index contributed by atoms with van der Waals surface area (Å²) >= 11 is 3.12. The molecule has 0 spiro atoms. The first-order chi connectivity index (χ1) is 13.1. The fraction of sp³-hybridized carbons (Fsp3) is 0.684. The molecule has 28 heavy (non-hydrogen) atoms. The van der Waals surface area contributed by atoms with Gasteiger partial charge in [0, 0.05) is 32.0 Å². The molecule has 0 aliphatic carbocycles. The molecule has 0 N–H and O–H groups in total. The van der Waals surface area contributed by atoms with Crippen LogP contribution in [0.2, 0.25) is 0 Å². The Morgan fingerprint density at radius 3 is 1.36 bits per heavy atom. The van der Waals surface area contributed by atoms with E-state index in [0.717, 1.165) is 0 Å². The first kappa shape index (κ1) is 26.1. The van der Waals surface area contributed by atoms with Crippen molar-refractivity contribution >= 4 is 51.0 Å². The number of alkyl halides is 1. The van der Waals surface area contributed by atoms with Crippen molar-refractivity contribution in [1.82, 2.24) is 0 Å². The van der Waals surface area contributed by atoms with Crippen molar-refractivity contribution < 1.29 is 38.2 Å². The van der Waals surface area contributed by atoms with Gasteiger partial charge < -0.3 is 9.47 Å². The van der Waals surface area contributed by atoms with Gasteiger partial charge in [0.1, 0.15) is 0 Å². The minimum Gasteiger partial charge on any atom is -0.465 e. The third-order valence-electron chi connectivity index (χ3n) is 4.02. The summed E-state index contributed by atoms with van der Waals surface area (Å²) < 4.78 is 10.2. The van der Waals surface area contributed by atoms with Crippen LogP contribution in [0, 0.1) is 5.41 Å². The molecule has 0 aliphatic rings. The van der Waals surface area contributed by atoms with Crippen molar-refractivity contribution in [2.75, 3.05) is 18.5 Å². The Labute approximate surface area is 172 Å². The van der Waals surface area contributed by atoms with Crippen LogP contribution in [0.15, 0.2) is 0 Å². The number of carbonyl (C=O) groups is 6. The van der Waals surface area contributed by atoms with E-state index in [2.05, 4.69) is 15.9 Å². The maximum atomic E-state index is 12.2. The van der Waals surface area contributed by atoms with E-state index in [1.54, 1.807) is 0 Å². The lowest BCUT2D eigenvalue weighted by atomic mass is 9.94. The van der Waals surface area contributed by atoms with Crippen LogP contribution in [0.5, 0.6) is 0 Å². The van der Waals surface area contributed by atoms with Crippen LogP contribution in [0.1, 0.15) is 59.3 Å². The van der Waals surface area contributed by atoms with Gasteiger partial charge in [-0.3, -0.25) is 28.8 Å². The number of rotatable bonds is 15. The zero-order valence-corrected chi connectivity index (χ0v) is 18.1. The van der Waals surface area contributed by atoms with E-state index in [1.165, 1.54) is 20.8 Å². The molecular formula is C19H27BrO8. The summed E-state index contributed by atoms with van der Waals surface area (Å²) in [6.07, 6.45) is 1.78. The van der Waals surface area contributed by atoms with E-state index in [9.17, 15) is 28.8 Å². The second-order valence-corrected chi connectivity index (χ2v) is 7.17. The Bertz CT molecular complexity index is 563. The van der Waals surface area contributed by atoms with Gasteiger partial charge in [0.05, 0.1) is 13.2 Å². The molecule has 8 nitrogen and oxygen atoms in total. The van der Waals surface area contributed by atoms with Gasteiger partial charge in [0.2, 0.25) is 0 Å². The molecule has 0 aliphatic heterocycles. The highest BCUT2D eigenvalue weighted by Crippen LogP contribution is 2.24. The van der Waals surface area contributed by atoms with Crippen molar-refractivity contribution in [2.24, 2.45) is 5.41 Å². The van der Waals surface area contributed by atoms with Gasteiger partial charge in [-0.05, 0) is 32.6 Å². The molecule has 0 radical (unpaired) electrons. The Morgan fingerprint density at radius 2 is 1.07 bits per heavy atom. The molecule has 0 unspecified atom stereocenters. The lowest BCUT2D eigenvalue weighted by molar-refractivity contribution is -0.169. The summed E-state index contributed by atoms with van der Waals surface area (Å²) in [5.74, 6) is -3.44. The fourth-order valence-corrected chi connectivity index (χ4v) is 2.43. The van der Waals surface area contributed by atoms with Crippen LogP contribution in [0.25, 0.3) is 0 Å². The third kappa shape index (κ3) is 9.34. The van der Waals surface area contributed by atoms with Gasteiger partial charge in [0.25, 0.3) is 0 Å². The van der Waals surface area contributed by atoms with Crippen LogP contribution in [0.3, 0.4) is 0 Å². The second-order valence-electron chi connectivity index (χ2n) is 6.61. The zero-order valence-electron chi connectivity index (χ0n) is 16.5. The normalized spacial score (nSPS) is 10.9. The molecule has 0 rings (SSSR count). The van der Waals surface area contributed by atoms with Gasteiger partial charge >= 0.3 is 11.9 Å². The molecule has 0 saturated heterocycles. The highest BCUT2D eigenvalue weighted by Gasteiger charge is 2.43. The SMILES string of the molecule is CC(=O)C(=O)CCCCOC(=O)C(C)(CBr)C(=O)OCCCCC(=O)C(C)=O. The minimum atomic E-state index is -1.52. The van der Waals surface area contributed by atoms with Crippen molar-refractivity contribution in [1.29, 1.82) is 0 Å². The van der Waals surface area contributed by atoms with Crippen molar-refractivity contribution in [3.05, 3.63) is 0 Å². The number of halogens is 1. The summed E-state index contributed by atoms with van der Waals surface area (Å²) in [4.78, 5) is 68.5. The van der Waals surface area contributed by atoms with Gasteiger partial charge in [-0.1, -0.05) is 15.9 Å². The highest BCUT2D eigenvalue weighted by molar-refractivity contribution is 9.09. The minimum absolute atomic E-state index is 0.00329. The van der Waals surface area contributed by atoms with Gasteiger partial charge in [-0.25, -0.2) is 0 Å². The molecule has 0 heterocycles. The average Bonchev–Trinajstić information content (AvgIpc) is 2.65. The third-order valence-corrected chi connectivity index (χ3v) is 5.14. The topological polar surface area (TPSA) is 121 Å². The quantitative estimate of drug-likeness (QED) is 0.119. The van der Waals surface area contributed by atoms with Crippen molar-refractivity contribution in [3.8, 4) is 0 Å². The van der Waals surface area contributed by atoms with Crippen LogP contribution in [0.4, 0.5) is 0 Å². The molecule has 0 amide bonds. The largest absolute Gasteiger partial charge is 0.465 e. The summed E-state index contributed by atoms with van der Waals surface area (Å²) in [5.41, 5.74) is -1.52. The molecule has 0 aromatic heterocycles. The van der Waals surface area contributed by atoms with Crippen LogP contribution < -0.4 is 0 Å². The summed E-state index contributed by atoms with van der Waals surface area (Å²) in [7, 11) is 0. The maximum Gasteiger partial charge on any atom is 0.324 e. The Hall–Kier alpha value is -1.90. The fourth-order valence-electron chi connectivity index (χ4n) is 1.97.